The molecule has 2 aromatic carbocycles. The Bertz CT molecular complexity index is 979. The Hall–Kier alpha value is -3.42. The third kappa shape index (κ3) is 3.33. The number of aromatic nitrogens is 2. The minimum Gasteiger partial charge on any atom is -0.507 e. The lowest BCUT2D eigenvalue weighted by Gasteiger charge is -2.28. The van der Waals surface area contributed by atoms with Crippen LogP contribution in [0.4, 0.5) is 11.4 Å². The molecule has 1 N–H and O–H groups in total. The fraction of sp³-hybridized carbons (Fsp3) is 0.263. The Morgan fingerprint density at radius 1 is 1.11 bits per heavy atom. The van der Waals surface area contributed by atoms with Crippen molar-refractivity contribution in [2.24, 2.45) is 0 Å². The molecule has 0 spiro atoms. The van der Waals surface area contributed by atoms with E-state index in [0.717, 1.165) is 32.4 Å². The number of hydrogen-bond donors (Lipinski definition) is 1. The first-order chi connectivity index (χ1) is 13.1. The van der Waals surface area contributed by atoms with Gasteiger partial charge in [-0.3, -0.25) is 10.1 Å². The van der Waals surface area contributed by atoms with Crippen molar-refractivity contribution in [3.63, 3.8) is 0 Å². The number of para-hydroxylation sites is 1. The first kappa shape index (κ1) is 17.0. The molecule has 1 saturated heterocycles. The number of anilines is 1. The quantitative estimate of drug-likeness (QED) is 0.549. The van der Waals surface area contributed by atoms with Crippen molar-refractivity contribution in [1.82, 2.24) is 10.1 Å². The molecule has 2 heterocycles. The third-order valence-corrected chi connectivity index (χ3v) is 4.69. The summed E-state index contributed by atoms with van der Waals surface area (Å²) in [6.07, 6.45) is 3.22. The fourth-order valence-corrected chi connectivity index (χ4v) is 3.32. The number of benzene rings is 2. The number of nitrogens with zero attached hydrogens (tertiary/aromatic N) is 4. The largest absolute Gasteiger partial charge is 0.507 e. The first-order valence-corrected chi connectivity index (χ1v) is 8.79. The van der Waals surface area contributed by atoms with Crippen LogP contribution in [0.25, 0.3) is 22.8 Å². The number of rotatable bonds is 4. The molecule has 27 heavy (non-hydrogen) atoms. The van der Waals surface area contributed by atoms with Crippen molar-refractivity contribution in [1.29, 1.82) is 0 Å². The van der Waals surface area contributed by atoms with E-state index >= 15 is 0 Å². The van der Waals surface area contributed by atoms with Crippen LogP contribution in [0, 0.1) is 10.1 Å². The summed E-state index contributed by atoms with van der Waals surface area (Å²) in [4.78, 5) is 17.5. The van der Waals surface area contributed by atoms with Gasteiger partial charge in [0.2, 0.25) is 5.82 Å². The second kappa shape index (κ2) is 7.06. The summed E-state index contributed by atoms with van der Waals surface area (Å²) in [7, 11) is 0. The van der Waals surface area contributed by atoms with Crippen LogP contribution in [-0.2, 0) is 0 Å². The van der Waals surface area contributed by atoms with Crippen molar-refractivity contribution >= 4 is 11.4 Å². The van der Waals surface area contributed by atoms with E-state index in [2.05, 4.69) is 10.1 Å². The van der Waals surface area contributed by atoms with E-state index in [1.54, 1.807) is 30.3 Å². The Morgan fingerprint density at radius 2 is 1.89 bits per heavy atom. The lowest BCUT2D eigenvalue weighted by atomic mass is 10.1. The summed E-state index contributed by atoms with van der Waals surface area (Å²) in [6, 6.07) is 11.6. The molecule has 0 atom stereocenters. The zero-order chi connectivity index (χ0) is 18.8. The lowest BCUT2D eigenvalue weighted by Crippen LogP contribution is -2.29. The number of nitro benzene ring substituents is 1. The highest BCUT2D eigenvalue weighted by Gasteiger charge is 2.23. The molecule has 4 rings (SSSR count). The number of hydrogen-bond acceptors (Lipinski definition) is 7. The Balaban J connectivity index is 1.69. The van der Waals surface area contributed by atoms with Crippen LogP contribution in [0.15, 0.2) is 47.0 Å². The molecule has 1 aliphatic heterocycles. The molecular formula is C19H18N4O4. The van der Waals surface area contributed by atoms with E-state index in [1.807, 2.05) is 4.90 Å². The summed E-state index contributed by atoms with van der Waals surface area (Å²) in [6.45, 7) is 1.64. The molecule has 138 valence electrons. The maximum atomic E-state index is 11.6. The van der Waals surface area contributed by atoms with Gasteiger partial charge in [-0.15, -0.1) is 0 Å². The minimum absolute atomic E-state index is 0.0247. The third-order valence-electron chi connectivity index (χ3n) is 4.69. The molecular weight excluding hydrogens is 348 g/mol. The number of phenols is 1. The van der Waals surface area contributed by atoms with E-state index in [9.17, 15) is 15.2 Å². The van der Waals surface area contributed by atoms with Crippen molar-refractivity contribution in [3.05, 3.63) is 52.6 Å². The standard InChI is InChI=1S/C19H18N4O4/c24-17-7-3-2-6-14(17)18-20-19(27-21-18)13-8-9-15(16(12-13)23(25)26)22-10-4-1-5-11-22/h2-3,6-9,12,24H,1,4-5,10-11H2. The number of nitro groups is 1. The molecule has 0 amide bonds. The molecule has 0 aliphatic carbocycles. The van der Waals surface area contributed by atoms with Crippen molar-refractivity contribution in [2.75, 3.05) is 18.0 Å². The van der Waals surface area contributed by atoms with Gasteiger partial charge in [-0.25, -0.2) is 0 Å². The van der Waals surface area contributed by atoms with Crippen LogP contribution in [0.3, 0.4) is 0 Å². The van der Waals surface area contributed by atoms with E-state index in [0.29, 0.717) is 16.8 Å². The topological polar surface area (TPSA) is 106 Å². The van der Waals surface area contributed by atoms with Crippen LogP contribution in [0.1, 0.15) is 19.3 Å². The summed E-state index contributed by atoms with van der Waals surface area (Å²) in [5, 5.41) is 25.4. The summed E-state index contributed by atoms with van der Waals surface area (Å²) in [5.74, 6) is 0.434. The van der Waals surface area contributed by atoms with Gasteiger partial charge < -0.3 is 14.5 Å². The van der Waals surface area contributed by atoms with Gasteiger partial charge in [0.1, 0.15) is 11.4 Å². The highest BCUT2D eigenvalue weighted by Crippen LogP contribution is 2.35. The number of piperidine rings is 1. The molecule has 0 radical (unpaired) electrons. The van der Waals surface area contributed by atoms with Gasteiger partial charge in [0, 0.05) is 24.7 Å². The maximum absolute atomic E-state index is 11.6. The summed E-state index contributed by atoms with van der Waals surface area (Å²) in [5.41, 5.74) is 1.55. The smallest absolute Gasteiger partial charge is 0.293 e. The van der Waals surface area contributed by atoms with Gasteiger partial charge in [0.05, 0.1) is 10.5 Å². The SMILES string of the molecule is O=[N+]([O-])c1cc(-c2nc(-c3ccccc3O)no2)ccc1N1CCCCC1. The summed E-state index contributed by atoms with van der Waals surface area (Å²) < 4.78 is 5.27. The molecule has 1 fully saturated rings. The Morgan fingerprint density at radius 3 is 2.63 bits per heavy atom. The lowest BCUT2D eigenvalue weighted by molar-refractivity contribution is -0.384. The van der Waals surface area contributed by atoms with Crippen molar-refractivity contribution in [2.45, 2.75) is 19.3 Å². The van der Waals surface area contributed by atoms with Crippen LogP contribution in [0.2, 0.25) is 0 Å². The van der Waals surface area contributed by atoms with E-state index < -0.39 is 0 Å². The zero-order valence-electron chi connectivity index (χ0n) is 14.5. The first-order valence-electron chi connectivity index (χ1n) is 8.79. The number of aromatic hydroxyl groups is 1. The molecule has 0 unspecified atom stereocenters. The molecule has 8 heteroatoms. The van der Waals surface area contributed by atoms with E-state index in [4.69, 9.17) is 4.52 Å². The van der Waals surface area contributed by atoms with Crippen LogP contribution < -0.4 is 4.90 Å². The minimum atomic E-state index is -0.381. The predicted octanol–water partition coefficient (Wildman–Crippen LogP) is 4.01. The van der Waals surface area contributed by atoms with Gasteiger partial charge in [-0.05, 0) is 43.5 Å². The highest BCUT2D eigenvalue weighted by molar-refractivity contribution is 5.72. The zero-order valence-corrected chi connectivity index (χ0v) is 14.5. The van der Waals surface area contributed by atoms with Gasteiger partial charge in [0.15, 0.2) is 0 Å². The monoisotopic (exact) mass is 366 g/mol. The van der Waals surface area contributed by atoms with Gasteiger partial charge >= 0.3 is 0 Å². The Kier molecular flexibility index (Phi) is 4.45. The Labute approximate surface area is 155 Å². The molecule has 1 aliphatic rings. The number of phenolic OH excluding ortho intramolecular Hbond substituents is 1. The van der Waals surface area contributed by atoms with Gasteiger partial charge in [-0.2, -0.15) is 4.98 Å². The molecule has 1 aromatic heterocycles. The van der Waals surface area contributed by atoms with Crippen molar-refractivity contribution in [3.8, 4) is 28.6 Å². The van der Waals surface area contributed by atoms with E-state index in [1.165, 1.54) is 12.1 Å². The molecule has 3 aromatic rings. The van der Waals surface area contributed by atoms with Gasteiger partial charge in [0.25, 0.3) is 11.6 Å². The maximum Gasteiger partial charge on any atom is 0.293 e. The van der Waals surface area contributed by atoms with E-state index in [-0.39, 0.29) is 28.1 Å². The summed E-state index contributed by atoms with van der Waals surface area (Å²) >= 11 is 0. The van der Waals surface area contributed by atoms with Crippen LogP contribution in [-0.4, -0.2) is 33.3 Å². The molecule has 0 saturated carbocycles. The van der Waals surface area contributed by atoms with Crippen molar-refractivity contribution < 1.29 is 14.6 Å². The second-order valence-corrected chi connectivity index (χ2v) is 6.45. The fourth-order valence-electron chi connectivity index (χ4n) is 3.32. The molecule has 0 bridgehead atoms. The normalized spacial score (nSPS) is 14.3. The average Bonchev–Trinajstić information content (AvgIpc) is 3.18. The van der Waals surface area contributed by atoms with Crippen LogP contribution in [0.5, 0.6) is 5.75 Å². The second-order valence-electron chi connectivity index (χ2n) is 6.45. The van der Waals surface area contributed by atoms with Crippen LogP contribution >= 0.6 is 0 Å². The highest BCUT2D eigenvalue weighted by atomic mass is 16.6. The van der Waals surface area contributed by atoms with Gasteiger partial charge in [-0.1, -0.05) is 17.3 Å². The molecule has 8 nitrogen and oxygen atoms in total. The average molecular weight is 366 g/mol. The predicted molar refractivity (Wildman–Crippen MR) is 99.6 cm³/mol.